The Bertz CT molecular complexity index is 1580. The molecule has 0 radical (unpaired) electrons. The topological polar surface area (TPSA) is 78.9 Å². The fourth-order valence-corrected chi connectivity index (χ4v) is 9.78. The zero-order valence-corrected chi connectivity index (χ0v) is 53.5. The van der Waals surface area contributed by atoms with Crippen molar-refractivity contribution in [1.29, 1.82) is 0 Å². The summed E-state index contributed by atoms with van der Waals surface area (Å²) in [4.78, 5) is 38.5. The summed E-state index contributed by atoms with van der Waals surface area (Å²) < 4.78 is 17.0. The monoisotopic (exact) mass is 1130 g/mol. The molecule has 0 aliphatic heterocycles. The van der Waals surface area contributed by atoms with Gasteiger partial charge in [-0.1, -0.05) is 291 Å². The van der Waals surface area contributed by atoms with E-state index in [9.17, 15) is 14.4 Å². The van der Waals surface area contributed by atoms with Crippen LogP contribution >= 0.6 is 0 Å². The van der Waals surface area contributed by atoms with Crippen molar-refractivity contribution in [2.45, 2.75) is 348 Å². The molecular weight excluding hydrogens is 997 g/mol. The van der Waals surface area contributed by atoms with E-state index in [1.165, 1.54) is 193 Å². The zero-order chi connectivity index (χ0) is 58.5. The number of hydrogen-bond donors (Lipinski definition) is 0. The highest BCUT2D eigenvalue weighted by Gasteiger charge is 2.19. The number of unbranched alkanes of at least 4 members (excludes halogenated alkanes) is 36. The summed E-state index contributed by atoms with van der Waals surface area (Å²) in [5.41, 5.74) is 0. The van der Waals surface area contributed by atoms with Gasteiger partial charge in [0.05, 0.1) is 0 Å². The second kappa shape index (κ2) is 68.8. The molecule has 6 heteroatoms. The van der Waals surface area contributed by atoms with Crippen LogP contribution in [0.25, 0.3) is 0 Å². The Kier molecular flexibility index (Phi) is 65.7. The van der Waals surface area contributed by atoms with Gasteiger partial charge in [-0.2, -0.15) is 0 Å². The summed E-state index contributed by atoms with van der Waals surface area (Å²) in [6.07, 6.45) is 92.7. The molecule has 0 rings (SSSR count). The van der Waals surface area contributed by atoms with Crippen LogP contribution in [0.15, 0.2) is 97.2 Å². The molecule has 0 aromatic heterocycles. The molecule has 1 atom stereocenters. The van der Waals surface area contributed by atoms with Crippen LogP contribution in [0.4, 0.5) is 0 Å². The van der Waals surface area contributed by atoms with Gasteiger partial charge < -0.3 is 14.2 Å². The lowest BCUT2D eigenvalue weighted by Gasteiger charge is -2.18. The van der Waals surface area contributed by atoms with Crippen LogP contribution in [0.1, 0.15) is 342 Å². The molecule has 0 aromatic carbocycles. The van der Waals surface area contributed by atoms with Crippen LogP contribution in [0.3, 0.4) is 0 Å². The molecule has 6 nitrogen and oxygen atoms in total. The van der Waals surface area contributed by atoms with Gasteiger partial charge in [0.1, 0.15) is 13.2 Å². The van der Waals surface area contributed by atoms with Gasteiger partial charge in [0.25, 0.3) is 0 Å². The molecule has 81 heavy (non-hydrogen) atoms. The smallest absolute Gasteiger partial charge is 0.306 e. The zero-order valence-electron chi connectivity index (χ0n) is 53.5. The van der Waals surface area contributed by atoms with Crippen molar-refractivity contribution in [2.75, 3.05) is 13.2 Å². The first kappa shape index (κ1) is 77.3. The molecule has 0 amide bonds. The quantitative estimate of drug-likeness (QED) is 0.0261. The Hall–Kier alpha value is -3.67. The molecule has 466 valence electrons. The van der Waals surface area contributed by atoms with E-state index in [0.29, 0.717) is 19.3 Å². The van der Waals surface area contributed by atoms with Crippen LogP contribution in [0.2, 0.25) is 0 Å². The fourth-order valence-electron chi connectivity index (χ4n) is 9.78. The number of ether oxygens (including phenoxy) is 3. The summed E-state index contributed by atoms with van der Waals surface area (Å²) in [5, 5.41) is 0. The van der Waals surface area contributed by atoms with E-state index in [1.807, 2.05) is 0 Å². The first-order chi connectivity index (χ1) is 40.0. The highest BCUT2D eigenvalue weighted by atomic mass is 16.6. The first-order valence-corrected chi connectivity index (χ1v) is 34.7. The average molecular weight is 1130 g/mol. The molecule has 0 saturated heterocycles. The second-order valence-electron chi connectivity index (χ2n) is 23.1. The molecular formula is C75H130O6. The van der Waals surface area contributed by atoms with Gasteiger partial charge in [-0.05, 0) is 128 Å². The van der Waals surface area contributed by atoms with Gasteiger partial charge in [-0.15, -0.1) is 0 Å². The Balaban J connectivity index is 4.42. The van der Waals surface area contributed by atoms with Crippen molar-refractivity contribution in [3.63, 3.8) is 0 Å². The Morgan fingerprint density at radius 2 is 0.444 bits per heavy atom. The van der Waals surface area contributed by atoms with E-state index in [-0.39, 0.29) is 31.1 Å². The normalized spacial score (nSPS) is 12.7. The van der Waals surface area contributed by atoms with Crippen molar-refractivity contribution in [2.24, 2.45) is 0 Å². The molecule has 0 bridgehead atoms. The van der Waals surface area contributed by atoms with E-state index in [4.69, 9.17) is 14.2 Å². The van der Waals surface area contributed by atoms with Crippen molar-refractivity contribution in [3.05, 3.63) is 97.2 Å². The first-order valence-electron chi connectivity index (χ1n) is 34.7. The maximum Gasteiger partial charge on any atom is 0.306 e. The lowest BCUT2D eigenvalue weighted by Crippen LogP contribution is -2.30. The third-order valence-corrected chi connectivity index (χ3v) is 15.0. The van der Waals surface area contributed by atoms with Crippen LogP contribution in [-0.2, 0) is 28.6 Å². The molecule has 0 aliphatic carbocycles. The number of allylic oxidation sites excluding steroid dienone is 16. The summed E-state index contributed by atoms with van der Waals surface area (Å²) in [5.74, 6) is -0.901. The summed E-state index contributed by atoms with van der Waals surface area (Å²) in [7, 11) is 0. The van der Waals surface area contributed by atoms with Crippen LogP contribution in [0, 0.1) is 0 Å². The number of carbonyl (C=O) groups is 3. The fraction of sp³-hybridized carbons (Fsp3) is 0.747. The standard InChI is InChI=1S/C75H130O6/c1-4-7-10-13-16-19-22-25-28-31-34-36-37-39-41-44-47-50-53-56-59-62-65-68-74(77)80-71-72(70-79-73(76)67-64-61-58-55-52-49-46-43-40-33-30-27-24-21-18-15-12-9-6-3)81-75(78)69-66-63-60-57-54-51-48-45-42-38-35-32-29-26-23-20-17-14-11-8-5-2/h18,21-23,25-27,30-32,34-35,40,42-43,45,72H,4-17,19-20,24,28-29,33,36-39,41,44,46-71H2,1-3H3/b21-18-,25-22-,26-23-,30-27-,34-31-,35-32-,43-40-,45-42-. The summed E-state index contributed by atoms with van der Waals surface area (Å²) in [6.45, 7) is 6.61. The van der Waals surface area contributed by atoms with Gasteiger partial charge in [-0.3, -0.25) is 14.4 Å². The maximum atomic E-state index is 13.0. The Morgan fingerprint density at radius 3 is 0.716 bits per heavy atom. The van der Waals surface area contributed by atoms with Crippen LogP contribution < -0.4 is 0 Å². The van der Waals surface area contributed by atoms with E-state index in [0.717, 1.165) is 109 Å². The molecule has 0 heterocycles. The molecule has 0 N–H and O–H groups in total. The van der Waals surface area contributed by atoms with E-state index < -0.39 is 6.10 Å². The Labute approximate surface area is 502 Å². The molecule has 1 unspecified atom stereocenters. The largest absolute Gasteiger partial charge is 0.462 e. The second-order valence-corrected chi connectivity index (χ2v) is 23.1. The van der Waals surface area contributed by atoms with Crippen LogP contribution in [-0.4, -0.2) is 37.2 Å². The van der Waals surface area contributed by atoms with Crippen LogP contribution in [0.5, 0.6) is 0 Å². The van der Waals surface area contributed by atoms with Gasteiger partial charge in [0, 0.05) is 19.3 Å². The average Bonchev–Trinajstić information content (AvgIpc) is 3.47. The van der Waals surface area contributed by atoms with E-state index in [1.54, 1.807) is 0 Å². The highest BCUT2D eigenvalue weighted by Crippen LogP contribution is 2.16. The van der Waals surface area contributed by atoms with Gasteiger partial charge in [0.2, 0.25) is 0 Å². The third kappa shape index (κ3) is 67.0. The lowest BCUT2D eigenvalue weighted by molar-refractivity contribution is -0.167. The molecule has 0 aromatic rings. The third-order valence-electron chi connectivity index (χ3n) is 15.0. The number of esters is 3. The van der Waals surface area contributed by atoms with E-state index >= 15 is 0 Å². The molecule has 0 fully saturated rings. The summed E-state index contributed by atoms with van der Waals surface area (Å²) >= 11 is 0. The van der Waals surface area contributed by atoms with Crippen molar-refractivity contribution < 1.29 is 28.6 Å². The minimum Gasteiger partial charge on any atom is -0.462 e. The predicted octanol–water partition coefficient (Wildman–Crippen LogP) is 24.0. The highest BCUT2D eigenvalue weighted by molar-refractivity contribution is 5.71. The van der Waals surface area contributed by atoms with Gasteiger partial charge in [-0.25, -0.2) is 0 Å². The van der Waals surface area contributed by atoms with Crippen molar-refractivity contribution >= 4 is 17.9 Å². The minimum atomic E-state index is -0.795. The number of rotatable bonds is 63. The molecule has 0 aliphatic rings. The van der Waals surface area contributed by atoms with Gasteiger partial charge >= 0.3 is 17.9 Å². The predicted molar refractivity (Wildman–Crippen MR) is 353 cm³/mol. The van der Waals surface area contributed by atoms with Crippen molar-refractivity contribution in [1.82, 2.24) is 0 Å². The van der Waals surface area contributed by atoms with Crippen molar-refractivity contribution in [3.8, 4) is 0 Å². The molecule has 0 spiro atoms. The molecule has 0 saturated carbocycles. The SMILES string of the molecule is CCCCC/C=C\C/C=C\C/C=C\CCCCCCCCC(=O)OCC(COC(=O)CCCCCCCCCCCCC/C=C\C/C=C\CCCCCCC)OC(=O)CCCCCCCC/C=C\C/C=C\C/C=C\CCCCCCC. The minimum absolute atomic E-state index is 0.0877. The number of carbonyl (C=O) groups excluding carboxylic acids is 3. The summed E-state index contributed by atoms with van der Waals surface area (Å²) in [6, 6.07) is 0. The number of hydrogen-bond acceptors (Lipinski definition) is 6. The Morgan fingerprint density at radius 1 is 0.247 bits per heavy atom. The maximum absolute atomic E-state index is 13.0. The lowest BCUT2D eigenvalue weighted by atomic mass is 10.0. The van der Waals surface area contributed by atoms with Gasteiger partial charge in [0.15, 0.2) is 6.10 Å². The van der Waals surface area contributed by atoms with E-state index in [2.05, 4.69) is 118 Å².